The van der Waals surface area contributed by atoms with Crippen LogP contribution in [0.25, 0.3) is 0 Å². The molecule has 2 atom stereocenters. The Hall–Kier alpha value is -0.450. The molecule has 2 N–H and O–H groups in total. The predicted octanol–water partition coefficient (Wildman–Crippen LogP) is 3.04. The fourth-order valence-corrected chi connectivity index (χ4v) is 3.06. The summed E-state index contributed by atoms with van der Waals surface area (Å²) in [5, 5.41) is 0. The van der Waals surface area contributed by atoms with Crippen molar-refractivity contribution in [3.63, 3.8) is 0 Å². The van der Waals surface area contributed by atoms with Gasteiger partial charge in [0.1, 0.15) is 0 Å². The number of hydrogen-bond acceptors (Lipinski definition) is 4. The highest BCUT2D eigenvalue weighted by Crippen LogP contribution is 2.16. The van der Waals surface area contributed by atoms with Crippen LogP contribution >= 0.6 is 11.3 Å². The van der Waals surface area contributed by atoms with Crippen molar-refractivity contribution < 1.29 is 0 Å². The van der Waals surface area contributed by atoms with E-state index >= 15 is 0 Å². The third-order valence-corrected chi connectivity index (χ3v) is 4.16. The molecule has 0 aliphatic carbocycles. The van der Waals surface area contributed by atoms with E-state index in [2.05, 4.69) is 37.7 Å². The number of nitrogens with zero attached hydrogens (tertiary/aromatic N) is 2. The van der Waals surface area contributed by atoms with Crippen LogP contribution < -0.4 is 5.73 Å². The Labute approximate surface area is 115 Å². The van der Waals surface area contributed by atoms with E-state index in [-0.39, 0.29) is 0 Å². The first-order valence-corrected chi connectivity index (χ1v) is 7.70. The monoisotopic (exact) mass is 269 g/mol. The molecule has 0 bridgehead atoms. The molecule has 0 aromatic carbocycles. The SMILES string of the molecule is Cc1ncsc1CN(C)CC(C)CCCC(C)N. The first kappa shape index (κ1) is 15.6. The van der Waals surface area contributed by atoms with E-state index in [9.17, 15) is 0 Å². The molecule has 1 rings (SSSR count). The Morgan fingerprint density at radius 2 is 2.11 bits per heavy atom. The van der Waals surface area contributed by atoms with Crippen molar-refractivity contribution in [1.82, 2.24) is 9.88 Å². The highest BCUT2D eigenvalue weighted by Gasteiger charge is 2.09. The minimum Gasteiger partial charge on any atom is -0.328 e. The summed E-state index contributed by atoms with van der Waals surface area (Å²) in [6.07, 6.45) is 3.65. The molecule has 1 aromatic heterocycles. The molecule has 1 aromatic rings. The fourth-order valence-electron chi connectivity index (χ4n) is 2.20. The van der Waals surface area contributed by atoms with Gasteiger partial charge < -0.3 is 10.6 Å². The summed E-state index contributed by atoms with van der Waals surface area (Å²) >= 11 is 1.76. The second-order valence-corrected chi connectivity index (χ2v) is 6.51. The Kier molecular flexibility index (Phi) is 6.82. The topological polar surface area (TPSA) is 42.2 Å². The Morgan fingerprint density at radius 3 is 2.67 bits per heavy atom. The van der Waals surface area contributed by atoms with Crippen LogP contribution in [0, 0.1) is 12.8 Å². The van der Waals surface area contributed by atoms with Gasteiger partial charge in [-0.15, -0.1) is 11.3 Å². The van der Waals surface area contributed by atoms with Crippen LogP contribution in [-0.2, 0) is 6.54 Å². The lowest BCUT2D eigenvalue weighted by atomic mass is 10.0. The van der Waals surface area contributed by atoms with E-state index < -0.39 is 0 Å². The van der Waals surface area contributed by atoms with Gasteiger partial charge in [0.2, 0.25) is 0 Å². The molecule has 0 amide bonds. The zero-order valence-electron chi connectivity index (χ0n) is 12.1. The van der Waals surface area contributed by atoms with E-state index in [4.69, 9.17) is 5.73 Å². The minimum atomic E-state index is 0.342. The van der Waals surface area contributed by atoms with Crippen molar-refractivity contribution in [1.29, 1.82) is 0 Å². The molecule has 0 saturated heterocycles. The van der Waals surface area contributed by atoms with Crippen LogP contribution in [0.2, 0.25) is 0 Å². The van der Waals surface area contributed by atoms with Gasteiger partial charge >= 0.3 is 0 Å². The molecule has 0 radical (unpaired) electrons. The van der Waals surface area contributed by atoms with Crippen LogP contribution in [-0.4, -0.2) is 29.5 Å². The maximum Gasteiger partial charge on any atom is 0.0798 e. The van der Waals surface area contributed by atoms with Crippen LogP contribution in [0.5, 0.6) is 0 Å². The number of nitrogens with two attached hydrogens (primary N) is 1. The van der Waals surface area contributed by atoms with Crippen LogP contribution in [0.15, 0.2) is 5.51 Å². The molecule has 0 aliphatic heterocycles. The summed E-state index contributed by atoms with van der Waals surface area (Å²) in [6, 6.07) is 0.342. The van der Waals surface area contributed by atoms with Crippen molar-refractivity contribution in [2.75, 3.05) is 13.6 Å². The number of rotatable bonds is 8. The third-order valence-electron chi connectivity index (χ3n) is 3.24. The molecule has 0 aliphatic rings. The van der Waals surface area contributed by atoms with Gasteiger partial charge in [-0.25, -0.2) is 4.98 Å². The number of aryl methyl sites for hydroxylation is 1. The van der Waals surface area contributed by atoms with E-state index in [1.54, 1.807) is 11.3 Å². The Bertz CT molecular complexity index is 336. The Morgan fingerprint density at radius 1 is 1.39 bits per heavy atom. The molecule has 0 fully saturated rings. The normalized spacial score (nSPS) is 15.0. The molecular formula is C14H27N3S. The van der Waals surface area contributed by atoms with E-state index in [0.29, 0.717) is 6.04 Å². The van der Waals surface area contributed by atoms with E-state index in [1.165, 1.54) is 23.4 Å². The van der Waals surface area contributed by atoms with E-state index in [1.807, 2.05) is 5.51 Å². The van der Waals surface area contributed by atoms with Crippen LogP contribution in [0.3, 0.4) is 0 Å². The Balaban J connectivity index is 2.23. The second-order valence-electron chi connectivity index (χ2n) is 5.57. The maximum absolute atomic E-state index is 5.77. The van der Waals surface area contributed by atoms with Crippen molar-refractivity contribution >= 4 is 11.3 Å². The smallest absolute Gasteiger partial charge is 0.0798 e. The summed E-state index contributed by atoms with van der Waals surface area (Å²) in [6.45, 7) is 8.68. The summed E-state index contributed by atoms with van der Waals surface area (Å²) in [7, 11) is 2.20. The first-order valence-electron chi connectivity index (χ1n) is 6.82. The maximum atomic E-state index is 5.77. The average molecular weight is 269 g/mol. The zero-order valence-corrected chi connectivity index (χ0v) is 13.0. The lowest BCUT2D eigenvalue weighted by Crippen LogP contribution is -2.24. The highest BCUT2D eigenvalue weighted by molar-refractivity contribution is 7.09. The molecule has 0 spiro atoms. The predicted molar refractivity (Wildman–Crippen MR) is 79.8 cm³/mol. The van der Waals surface area contributed by atoms with Crippen molar-refractivity contribution in [2.45, 2.75) is 52.6 Å². The summed E-state index contributed by atoms with van der Waals surface area (Å²) in [5.74, 6) is 0.738. The molecule has 3 nitrogen and oxygen atoms in total. The lowest BCUT2D eigenvalue weighted by molar-refractivity contribution is 0.268. The van der Waals surface area contributed by atoms with Crippen molar-refractivity contribution in [2.24, 2.45) is 11.7 Å². The van der Waals surface area contributed by atoms with Gasteiger partial charge in [-0.2, -0.15) is 0 Å². The first-order chi connectivity index (χ1) is 8.49. The number of aromatic nitrogens is 1. The van der Waals surface area contributed by atoms with Gasteiger partial charge in [0.15, 0.2) is 0 Å². The molecule has 4 heteroatoms. The van der Waals surface area contributed by atoms with Crippen molar-refractivity contribution in [3.05, 3.63) is 16.1 Å². The lowest BCUT2D eigenvalue weighted by Gasteiger charge is -2.21. The highest BCUT2D eigenvalue weighted by atomic mass is 32.1. The summed E-state index contributed by atoms with van der Waals surface area (Å²) in [5.41, 5.74) is 8.88. The second kappa shape index (κ2) is 7.87. The van der Waals surface area contributed by atoms with E-state index in [0.717, 1.165) is 25.4 Å². The van der Waals surface area contributed by atoms with Gasteiger partial charge in [0.05, 0.1) is 11.2 Å². The van der Waals surface area contributed by atoms with Crippen LogP contribution in [0.1, 0.15) is 43.7 Å². The molecule has 1 heterocycles. The van der Waals surface area contributed by atoms with Gasteiger partial charge in [0.25, 0.3) is 0 Å². The molecule has 18 heavy (non-hydrogen) atoms. The third kappa shape index (κ3) is 5.94. The number of thiazole rings is 1. The van der Waals surface area contributed by atoms with Crippen LogP contribution in [0.4, 0.5) is 0 Å². The summed E-state index contributed by atoms with van der Waals surface area (Å²) in [4.78, 5) is 8.08. The zero-order chi connectivity index (χ0) is 13.5. The molecular weight excluding hydrogens is 242 g/mol. The number of hydrogen-bond donors (Lipinski definition) is 1. The molecule has 0 saturated carbocycles. The van der Waals surface area contributed by atoms with Gasteiger partial charge in [-0.3, -0.25) is 0 Å². The minimum absolute atomic E-state index is 0.342. The molecule has 2 unspecified atom stereocenters. The largest absolute Gasteiger partial charge is 0.328 e. The summed E-state index contributed by atoms with van der Waals surface area (Å²) < 4.78 is 0. The van der Waals surface area contributed by atoms with Crippen molar-refractivity contribution in [3.8, 4) is 0 Å². The quantitative estimate of drug-likeness (QED) is 0.789. The molecule has 104 valence electrons. The average Bonchev–Trinajstić information content (AvgIpc) is 2.63. The van der Waals surface area contributed by atoms with Gasteiger partial charge in [0, 0.05) is 24.0 Å². The van der Waals surface area contributed by atoms with Gasteiger partial charge in [-0.05, 0) is 39.7 Å². The standard InChI is InChI=1S/C14H27N3S/c1-11(6-5-7-12(2)15)8-17(4)9-14-13(3)16-10-18-14/h10-12H,5-9,15H2,1-4H3. The van der Waals surface area contributed by atoms with Gasteiger partial charge in [-0.1, -0.05) is 13.3 Å². The fraction of sp³-hybridized carbons (Fsp3) is 0.786.